The van der Waals surface area contributed by atoms with Crippen molar-refractivity contribution in [2.45, 2.75) is 31.9 Å². The average molecular weight is 455 g/mol. The molecule has 2 bridgehead atoms. The molecule has 9 heteroatoms. The molecule has 5 nitrogen and oxygen atoms in total. The summed E-state index contributed by atoms with van der Waals surface area (Å²) >= 11 is 6.11. The molecule has 3 aliphatic rings. The van der Waals surface area contributed by atoms with Crippen molar-refractivity contribution in [1.82, 2.24) is 4.90 Å². The maximum Gasteiger partial charge on any atom is 0.573 e. The minimum absolute atomic E-state index is 0.00926. The molecule has 3 heterocycles. The normalized spacial score (nSPS) is 22.8. The number of hydrogen-bond donors (Lipinski definition) is 0. The summed E-state index contributed by atoms with van der Waals surface area (Å²) in [5, 5.41) is 0.437. The highest BCUT2D eigenvalue weighted by Gasteiger charge is 2.37. The molecule has 5 rings (SSSR count). The summed E-state index contributed by atoms with van der Waals surface area (Å²) in [6.07, 6.45) is -3.56. The van der Waals surface area contributed by atoms with Crippen LogP contribution in [0, 0.1) is 5.92 Å². The number of anilines is 1. The first-order valence-electron chi connectivity index (χ1n) is 10.1. The number of nitrogens with zero attached hydrogens (tertiary/aromatic N) is 2. The van der Waals surface area contributed by atoms with Gasteiger partial charge in [0.05, 0.1) is 6.54 Å². The van der Waals surface area contributed by atoms with E-state index in [4.69, 9.17) is 16.3 Å². The van der Waals surface area contributed by atoms with Crippen molar-refractivity contribution >= 4 is 23.4 Å². The van der Waals surface area contributed by atoms with Crippen molar-refractivity contribution in [1.29, 1.82) is 0 Å². The fraction of sp³-hybridized carbons (Fsp3) is 0.409. The Balaban J connectivity index is 1.55. The van der Waals surface area contributed by atoms with Crippen molar-refractivity contribution in [3.05, 3.63) is 59.1 Å². The summed E-state index contributed by atoms with van der Waals surface area (Å²) in [7, 11) is 0. The number of carbonyl (C=O) groups excluding carboxylic acids is 1. The van der Waals surface area contributed by atoms with E-state index in [2.05, 4.69) is 9.64 Å². The Kier molecular flexibility index (Phi) is 6.29. The van der Waals surface area contributed by atoms with Gasteiger partial charge in [0.25, 0.3) is 0 Å². The van der Waals surface area contributed by atoms with Gasteiger partial charge in [0.15, 0.2) is 0 Å². The smallest absolute Gasteiger partial charge is 0.444 e. The van der Waals surface area contributed by atoms with Gasteiger partial charge in [-0.15, -0.1) is 13.2 Å². The summed E-state index contributed by atoms with van der Waals surface area (Å²) in [6, 6.07) is 12.3. The van der Waals surface area contributed by atoms with Gasteiger partial charge in [0.1, 0.15) is 11.9 Å². The first-order valence-corrected chi connectivity index (χ1v) is 10.5. The second kappa shape index (κ2) is 8.96. The molecule has 3 fully saturated rings. The number of amides is 1. The molecule has 166 valence electrons. The summed E-state index contributed by atoms with van der Waals surface area (Å²) in [6.45, 7) is 2.75. The minimum atomic E-state index is -4.79. The lowest BCUT2D eigenvalue weighted by Gasteiger charge is -2.44. The molecule has 0 aliphatic carbocycles. The molecule has 0 spiro atoms. The van der Waals surface area contributed by atoms with E-state index in [0.29, 0.717) is 28.7 Å². The number of fused-ring (bicyclic) bond motifs is 3. The van der Waals surface area contributed by atoms with E-state index < -0.39 is 12.5 Å². The molecular weight excluding hydrogens is 433 g/mol. The van der Waals surface area contributed by atoms with E-state index in [9.17, 15) is 18.0 Å². The van der Waals surface area contributed by atoms with Crippen LogP contribution < -0.4 is 9.64 Å². The molecule has 0 N–H and O–H groups in total. The Bertz CT molecular complexity index is 932. The highest BCUT2D eigenvalue weighted by Crippen LogP contribution is 2.31. The largest absolute Gasteiger partial charge is 0.573 e. The quantitative estimate of drug-likeness (QED) is 0.600. The second-order valence-corrected chi connectivity index (χ2v) is 8.26. The molecule has 3 aliphatic heterocycles. The number of carbonyl (C=O) groups is 1. The number of piperidine rings is 3. The number of benzene rings is 2. The van der Waals surface area contributed by atoms with Crippen LogP contribution >= 0.6 is 11.6 Å². The van der Waals surface area contributed by atoms with E-state index in [1.54, 1.807) is 30.3 Å². The number of ether oxygens (including phenoxy) is 2. The van der Waals surface area contributed by atoms with Crippen LogP contribution in [0.4, 0.5) is 23.7 Å². The fourth-order valence-corrected chi connectivity index (χ4v) is 4.35. The van der Waals surface area contributed by atoms with E-state index >= 15 is 0 Å². The lowest BCUT2D eigenvalue weighted by atomic mass is 9.86. The third-order valence-corrected chi connectivity index (χ3v) is 5.90. The first kappa shape index (κ1) is 21.8. The zero-order valence-electron chi connectivity index (χ0n) is 16.6. The Morgan fingerprint density at radius 1 is 1.13 bits per heavy atom. The highest BCUT2D eigenvalue weighted by molar-refractivity contribution is 6.30. The second-order valence-electron chi connectivity index (χ2n) is 7.82. The van der Waals surface area contributed by atoms with Gasteiger partial charge in [-0.2, -0.15) is 0 Å². The molecule has 2 aromatic rings. The molecule has 1 atom stereocenters. The zero-order chi connectivity index (χ0) is 22.0. The highest BCUT2D eigenvalue weighted by atomic mass is 35.5. The molecular formula is C22H22ClF3N2O3. The number of hydrogen-bond acceptors (Lipinski definition) is 4. The van der Waals surface area contributed by atoms with E-state index in [0.717, 1.165) is 25.9 Å². The number of rotatable bonds is 5. The molecule has 2 aromatic carbocycles. The lowest BCUT2D eigenvalue weighted by Crippen LogP contribution is -2.53. The molecule has 3 saturated heterocycles. The number of halogens is 4. The molecule has 1 unspecified atom stereocenters. The standard InChI is InChI=1S/C22H22ClF3N2O3/c23-17-4-2-5-18(12-17)28(13-15-3-1-6-19(11-15)31-22(24,25)26)21(29)30-20-14-27-9-7-16(20)8-10-27/h1-6,11-12,16,20H,7-10,13-14H2. The van der Waals surface area contributed by atoms with Gasteiger partial charge in [-0.3, -0.25) is 9.80 Å². The van der Waals surface area contributed by atoms with E-state index in [1.165, 1.54) is 23.1 Å². The van der Waals surface area contributed by atoms with E-state index in [1.807, 2.05) is 0 Å². The van der Waals surface area contributed by atoms with Crippen LogP contribution in [0.3, 0.4) is 0 Å². The van der Waals surface area contributed by atoms with Gasteiger partial charge in [0, 0.05) is 17.3 Å². The zero-order valence-corrected chi connectivity index (χ0v) is 17.4. The summed E-state index contributed by atoms with van der Waals surface area (Å²) in [5.74, 6) is -0.0134. The van der Waals surface area contributed by atoms with Crippen molar-refractivity contribution in [2.75, 3.05) is 24.5 Å². The van der Waals surface area contributed by atoms with Crippen LogP contribution in [-0.2, 0) is 11.3 Å². The van der Waals surface area contributed by atoms with Gasteiger partial charge in [-0.05, 0) is 67.7 Å². The Morgan fingerprint density at radius 2 is 1.87 bits per heavy atom. The Morgan fingerprint density at radius 3 is 2.52 bits per heavy atom. The predicted octanol–water partition coefficient (Wildman–Crippen LogP) is 5.48. The predicted molar refractivity (Wildman–Crippen MR) is 110 cm³/mol. The monoisotopic (exact) mass is 454 g/mol. The van der Waals surface area contributed by atoms with Gasteiger partial charge in [0.2, 0.25) is 0 Å². The summed E-state index contributed by atoms with van der Waals surface area (Å²) < 4.78 is 47.6. The Labute approximate surface area is 183 Å². The van der Waals surface area contributed by atoms with Gasteiger partial charge in [-0.1, -0.05) is 29.8 Å². The molecule has 0 radical (unpaired) electrons. The third-order valence-electron chi connectivity index (χ3n) is 5.66. The Hall–Kier alpha value is -2.45. The van der Waals surface area contributed by atoms with Crippen LogP contribution in [0.5, 0.6) is 5.75 Å². The third kappa shape index (κ3) is 5.62. The average Bonchev–Trinajstić information content (AvgIpc) is 2.72. The van der Waals surface area contributed by atoms with Crippen LogP contribution in [0.1, 0.15) is 18.4 Å². The summed E-state index contributed by atoms with van der Waals surface area (Å²) in [4.78, 5) is 16.8. The minimum Gasteiger partial charge on any atom is -0.444 e. The molecule has 0 aromatic heterocycles. The van der Waals surface area contributed by atoms with Crippen LogP contribution in [0.25, 0.3) is 0 Å². The molecule has 31 heavy (non-hydrogen) atoms. The molecule has 0 saturated carbocycles. The van der Waals surface area contributed by atoms with E-state index in [-0.39, 0.29) is 18.4 Å². The fourth-order valence-electron chi connectivity index (χ4n) is 4.17. The maximum atomic E-state index is 13.1. The van der Waals surface area contributed by atoms with Crippen molar-refractivity contribution in [3.63, 3.8) is 0 Å². The first-order chi connectivity index (χ1) is 14.8. The van der Waals surface area contributed by atoms with Crippen LogP contribution in [-0.4, -0.2) is 43.1 Å². The SMILES string of the molecule is O=C(OC1CN2CCC1CC2)N(Cc1cccc(OC(F)(F)F)c1)c1cccc(Cl)c1. The van der Waals surface area contributed by atoms with Crippen molar-refractivity contribution in [2.24, 2.45) is 5.92 Å². The van der Waals surface area contributed by atoms with Gasteiger partial charge in [-0.25, -0.2) is 4.79 Å². The molecule has 1 amide bonds. The van der Waals surface area contributed by atoms with Crippen LogP contribution in [0.15, 0.2) is 48.5 Å². The van der Waals surface area contributed by atoms with Crippen molar-refractivity contribution in [3.8, 4) is 5.75 Å². The van der Waals surface area contributed by atoms with Gasteiger partial charge >= 0.3 is 12.5 Å². The topological polar surface area (TPSA) is 42.0 Å². The summed E-state index contributed by atoms with van der Waals surface area (Å²) in [5.41, 5.74) is 0.966. The van der Waals surface area contributed by atoms with Gasteiger partial charge < -0.3 is 9.47 Å². The van der Waals surface area contributed by atoms with Crippen LogP contribution in [0.2, 0.25) is 5.02 Å². The lowest BCUT2D eigenvalue weighted by molar-refractivity contribution is -0.274. The van der Waals surface area contributed by atoms with Crippen molar-refractivity contribution < 1.29 is 27.4 Å². The number of alkyl halides is 3. The maximum absolute atomic E-state index is 13.1.